The predicted octanol–water partition coefficient (Wildman–Crippen LogP) is 2.70. The molecule has 0 atom stereocenters. The standard InChI is InChI=1S/C18H22N2O4S/c1-3-12-19-25(22,23)17-10-8-16(9-11-17)24-13-18(21)20-15-6-4-14(2)5-7-15/h4-11,19H,3,12-13H2,1-2H3,(H,20,21). The Kier molecular flexibility index (Phi) is 6.55. The van der Waals surface area contributed by atoms with Crippen LogP contribution in [0, 0.1) is 6.92 Å². The molecule has 2 aromatic carbocycles. The number of amides is 1. The lowest BCUT2D eigenvalue weighted by Crippen LogP contribution is -2.24. The molecule has 6 nitrogen and oxygen atoms in total. The molecule has 0 aliphatic rings. The molecule has 0 saturated heterocycles. The minimum absolute atomic E-state index is 0.159. The van der Waals surface area contributed by atoms with Crippen LogP contribution < -0.4 is 14.8 Å². The van der Waals surface area contributed by atoms with Gasteiger partial charge < -0.3 is 10.1 Å². The molecule has 0 fully saturated rings. The molecule has 2 aromatic rings. The van der Waals surface area contributed by atoms with E-state index in [4.69, 9.17) is 4.74 Å². The first-order valence-corrected chi connectivity index (χ1v) is 9.48. The van der Waals surface area contributed by atoms with Gasteiger partial charge in [0.25, 0.3) is 5.91 Å². The van der Waals surface area contributed by atoms with Crippen LogP contribution in [-0.2, 0) is 14.8 Å². The summed E-state index contributed by atoms with van der Waals surface area (Å²) in [6.07, 6.45) is 0.719. The quantitative estimate of drug-likeness (QED) is 0.756. The number of hydrogen-bond donors (Lipinski definition) is 2. The number of carbonyl (C=O) groups is 1. The Balaban J connectivity index is 1.88. The van der Waals surface area contributed by atoms with Crippen molar-refractivity contribution >= 4 is 21.6 Å². The van der Waals surface area contributed by atoms with Gasteiger partial charge >= 0.3 is 0 Å². The molecule has 0 bridgehead atoms. The van der Waals surface area contributed by atoms with E-state index in [0.29, 0.717) is 18.0 Å². The van der Waals surface area contributed by atoms with Gasteiger partial charge in [-0.1, -0.05) is 24.6 Å². The second-order valence-corrected chi connectivity index (χ2v) is 7.34. The van der Waals surface area contributed by atoms with E-state index < -0.39 is 10.0 Å². The van der Waals surface area contributed by atoms with Crippen molar-refractivity contribution in [2.45, 2.75) is 25.2 Å². The molecule has 0 spiro atoms. The van der Waals surface area contributed by atoms with Crippen LogP contribution in [0.15, 0.2) is 53.4 Å². The Bertz CT molecular complexity index is 800. The van der Waals surface area contributed by atoms with Gasteiger partial charge in [0.1, 0.15) is 5.75 Å². The summed E-state index contributed by atoms with van der Waals surface area (Å²) in [4.78, 5) is 12.0. The van der Waals surface area contributed by atoms with Crippen molar-refractivity contribution in [1.29, 1.82) is 0 Å². The molecular formula is C18H22N2O4S. The van der Waals surface area contributed by atoms with Crippen molar-refractivity contribution in [1.82, 2.24) is 4.72 Å². The van der Waals surface area contributed by atoms with Crippen molar-refractivity contribution in [2.75, 3.05) is 18.5 Å². The highest BCUT2D eigenvalue weighted by molar-refractivity contribution is 7.89. The molecule has 0 saturated carbocycles. The third-order valence-electron chi connectivity index (χ3n) is 3.38. The smallest absolute Gasteiger partial charge is 0.262 e. The van der Waals surface area contributed by atoms with E-state index in [2.05, 4.69) is 10.0 Å². The summed E-state index contributed by atoms with van der Waals surface area (Å²) in [6, 6.07) is 13.4. The molecule has 1 amide bonds. The Morgan fingerprint density at radius 2 is 1.68 bits per heavy atom. The van der Waals surface area contributed by atoms with Gasteiger partial charge in [-0.2, -0.15) is 0 Å². The summed E-state index contributed by atoms with van der Waals surface area (Å²) >= 11 is 0. The molecule has 0 aliphatic heterocycles. The average Bonchev–Trinajstić information content (AvgIpc) is 2.60. The first kappa shape index (κ1) is 19.0. The van der Waals surface area contributed by atoms with Gasteiger partial charge in [-0.15, -0.1) is 0 Å². The van der Waals surface area contributed by atoms with Crippen molar-refractivity contribution in [3.05, 3.63) is 54.1 Å². The molecule has 0 heterocycles. The highest BCUT2D eigenvalue weighted by atomic mass is 32.2. The number of benzene rings is 2. The van der Waals surface area contributed by atoms with Gasteiger partial charge in [-0.3, -0.25) is 4.79 Å². The van der Waals surface area contributed by atoms with Crippen molar-refractivity contribution < 1.29 is 17.9 Å². The summed E-state index contributed by atoms with van der Waals surface area (Å²) < 4.78 is 31.8. The first-order chi connectivity index (χ1) is 11.9. The second-order valence-electron chi connectivity index (χ2n) is 5.57. The third-order valence-corrected chi connectivity index (χ3v) is 4.86. The molecular weight excluding hydrogens is 340 g/mol. The van der Waals surface area contributed by atoms with Gasteiger partial charge in [-0.25, -0.2) is 13.1 Å². The molecule has 0 unspecified atom stereocenters. The van der Waals surface area contributed by atoms with Crippen molar-refractivity contribution in [3.63, 3.8) is 0 Å². The minimum atomic E-state index is -3.50. The van der Waals surface area contributed by atoms with Crippen LogP contribution >= 0.6 is 0 Å². The van der Waals surface area contributed by atoms with Crippen molar-refractivity contribution in [2.24, 2.45) is 0 Å². The normalized spacial score (nSPS) is 11.1. The lowest BCUT2D eigenvalue weighted by Gasteiger charge is -2.09. The number of anilines is 1. The zero-order chi connectivity index (χ0) is 18.3. The minimum Gasteiger partial charge on any atom is -0.484 e. The number of ether oxygens (including phenoxy) is 1. The Morgan fingerprint density at radius 1 is 1.04 bits per heavy atom. The highest BCUT2D eigenvalue weighted by Gasteiger charge is 2.13. The maximum absolute atomic E-state index is 12.0. The molecule has 0 radical (unpaired) electrons. The fraction of sp³-hybridized carbons (Fsp3) is 0.278. The highest BCUT2D eigenvalue weighted by Crippen LogP contribution is 2.16. The van der Waals surface area contributed by atoms with Gasteiger partial charge in [-0.05, 0) is 49.7 Å². The largest absolute Gasteiger partial charge is 0.484 e. The van der Waals surface area contributed by atoms with Gasteiger partial charge in [0.05, 0.1) is 4.90 Å². The number of nitrogens with one attached hydrogen (secondary N) is 2. The van der Waals surface area contributed by atoms with Crippen molar-refractivity contribution in [3.8, 4) is 5.75 Å². The zero-order valence-corrected chi connectivity index (χ0v) is 15.1. The van der Waals surface area contributed by atoms with Crippen LogP contribution in [-0.4, -0.2) is 27.5 Å². The van der Waals surface area contributed by atoms with E-state index in [0.717, 1.165) is 12.0 Å². The molecule has 134 valence electrons. The number of sulfonamides is 1. The summed E-state index contributed by atoms with van der Waals surface area (Å²) in [5.41, 5.74) is 1.81. The Morgan fingerprint density at radius 3 is 2.28 bits per heavy atom. The second kappa shape index (κ2) is 8.64. The summed E-state index contributed by atoms with van der Waals surface area (Å²) in [5.74, 6) is 0.138. The maximum atomic E-state index is 12.0. The zero-order valence-electron chi connectivity index (χ0n) is 14.3. The average molecular weight is 362 g/mol. The van der Waals surface area contributed by atoms with Crippen LogP contribution in [0.1, 0.15) is 18.9 Å². The van der Waals surface area contributed by atoms with Crippen LogP contribution in [0.3, 0.4) is 0 Å². The number of aryl methyl sites for hydroxylation is 1. The van der Waals surface area contributed by atoms with E-state index >= 15 is 0 Å². The maximum Gasteiger partial charge on any atom is 0.262 e. The Labute approximate surface area is 148 Å². The number of hydrogen-bond acceptors (Lipinski definition) is 4. The summed E-state index contributed by atoms with van der Waals surface area (Å²) in [7, 11) is -3.50. The van der Waals surface area contributed by atoms with E-state index in [9.17, 15) is 13.2 Å². The molecule has 0 aromatic heterocycles. The van der Waals surface area contributed by atoms with E-state index in [1.165, 1.54) is 24.3 Å². The topological polar surface area (TPSA) is 84.5 Å². The SMILES string of the molecule is CCCNS(=O)(=O)c1ccc(OCC(=O)Nc2ccc(C)cc2)cc1. The van der Waals surface area contributed by atoms with Crippen LogP contribution in [0.25, 0.3) is 0 Å². The van der Waals surface area contributed by atoms with Crippen LogP contribution in [0.5, 0.6) is 5.75 Å². The monoisotopic (exact) mass is 362 g/mol. The number of carbonyl (C=O) groups excluding carboxylic acids is 1. The number of rotatable bonds is 8. The predicted molar refractivity (Wildman–Crippen MR) is 97.2 cm³/mol. The molecule has 2 N–H and O–H groups in total. The summed E-state index contributed by atoms with van der Waals surface area (Å²) in [6.45, 7) is 4.09. The summed E-state index contributed by atoms with van der Waals surface area (Å²) in [5, 5.41) is 2.73. The fourth-order valence-corrected chi connectivity index (χ4v) is 3.15. The van der Waals surface area contributed by atoms with E-state index in [1.807, 2.05) is 38.1 Å². The molecule has 7 heteroatoms. The lowest BCUT2D eigenvalue weighted by molar-refractivity contribution is -0.118. The third kappa shape index (κ3) is 5.88. The Hall–Kier alpha value is -2.38. The van der Waals surface area contributed by atoms with Crippen LogP contribution in [0.4, 0.5) is 5.69 Å². The molecule has 25 heavy (non-hydrogen) atoms. The fourth-order valence-electron chi connectivity index (χ4n) is 2.02. The molecule has 0 aliphatic carbocycles. The molecule has 2 rings (SSSR count). The first-order valence-electron chi connectivity index (χ1n) is 8.00. The van der Waals surface area contributed by atoms with Gasteiger partial charge in [0.15, 0.2) is 6.61 Å². The van der Waals surface area contributed by atoms with Gasteiger partial charge in [0, 0.05) is 12.2 Å². The van der Waals surface area contributed by atoms with Gasteiger partial charge in [0.2, 0.25) is 10.0 Å². The van der Waals surface area contributed by atoms with E-state index in [-0.39, 0.29) is 17.4 Å². The van der Waals surface area contributed by atoms with Crippen LogP contribution in [0.2, 0.25) is 0 Å². The lowest BCUT2D eigenvalue weighted by atomic mass is 10.2. The van der Waals surface area contributed by atoms with E-state index in [1.54, 1.807) is 0 Å².